The van der Waals surface area contributed by atoms with Crippen LogP contribution in [0.1, 0.15) is 24.0 Å². The molecule has 0 aromatic heterocycles. The SMILES string of the molecule is Cc1cc(F)ccc1S(=O)(=O)NC1CCN(Cc2ccccc2)CC1.Cl. The summed E-state index contributed by atoms with van der Waals surface area (Å²) in [6, 6.07) is 13.9. The molecule has 0 amide bonds. The highest BCUT2D eigenvalue weighted by Crippen LogP contribution is 2.19. The highest BCUT2D eigenvalue weighted by molar-refractivity contribution is 7.89. The second-order valence-electron chi connectivity index (χ2n) is 6.57. The minimum atomic E-state index is -3.62. The van der Waals surface area contributed by atoms with Crippen LogP contribution in [0.25, 0.3) is 0 Å². The molecular formula is C19H24ClFN2O2S. The van der Waals surface area contributed by atoms with Crippen LogP contribution in [0, 0.1) is 12.7 Å². The number of nitrogens with one attached hydrogen (secondary N) is 1. The summed E-state index contributed by atoms with van der Waals surface area (Å²) in [7, 11) is -3.62. The lowest BCUT2D eigenvalue weighted by atomic mass is 10.1. The van der Waals surface area contributed by atoms with Crippen LogP contribution in [-0.2, 0) is 16.6 Å². The first-order chi connectivity index (χ1) is 11.9. The number of nitrogens with zero attached hydrogens (tertiary/aromatic N) is 1. The molecule has 3 rings (SSSR count). The fraction of sp³-hybridized carbons (Fsp3) is 0.368. The van der Waals surface area contributed by atoms with Crippen LogP contribution in [0.5, 0.6) is 0 Å². The van der Waals surface area contributed by atoms with Gasteiger partial charge in [0.05, 0.1) is 4.90 Å². The van der Waals surface area contributed by atoms with Crippen LogP contribution in [0.2, 0.25) is 0 Å². The number of hydrogen-bond acceptors (Lipinski definition) is 3. The molecule has 4 nitrogen and oxygen atoms in total. The van der Waals surface area contributed by atoms with Crippen LogP contribution < -0.4 is 4.72 Å². The van der Waals surface area contributed by atoms with Gasteiger partial charge >= 0.3 is 0 Å². The Labute approximate surface area is 160 Å². The second kappa shape index (κ2) is 8.95. The van der Waals surface area contributed by atoms with Gasteiger partial charge in [-0.05, 0) is 49.1 Å². The fourth-order valence-corrected chi connectivity index (χ4v) is 4.78. The fourth-order valence-electron chi connectivity index (χ4n) is 3.25. The summed E-state index contributed by atoms with van der Waals surface area (Å²) in [6.45, 7) is 4.20. The number of aryl methyl sites for hydroxylation is 1. The zero-order valence-corrected chi connectivity index (χ0v) is 16.3. The normalized spacial score (nSPS) is 16.2. The van der Waals surface area contributed by atoms with Gasteiger partial charge < -0.3 is 0 Å². The molecule has 0 unspecified atom stereocenters. The smallest absolute Gasteiger partial charge is 0.241 e. The van der Waals surface area contributed by atoms with Crippen molar-refractivity contribution in [2.45, 2.75) is 37.2 Å². The minimum Gasteiger partial charge on any atom is -0.299 e. The number of hydrogen-bond donors (Lipinski definition) is 1. The standard InChI is InChI=1S/C19H23FN2O2S.ClH/c1-15-13-17(20)7-8-19(15)25(23,24)21-18-9-11-22(12-10-18)14-16-5-3-2-4-6-16;/h2-8,13,18,21H,9-12,14H2,1H3;1H. The minimum absolute atomic E-state index is 0. The van der Waals surface area contributed by atoms with E-state index in [1.54, 1.807) is 6.92 Å². The van der Waals surface area contributed by atoms with E-state index >= 15 is 0 Å². The van der Waals surface area contributed by atoms with E-state index in [1.807, 2.05) is 18.2 Å². The Hall–Kier alpha value is -1.47. The molecule has 1 aliphatic heterocycles. The van der Waals surface area contributed by atoms with Crippen molar-refractivity contribution >= 4 is 22.4 Å². The zero-order chi connectivity index (χ0) is 17.9. The predicted molar refractivity (Wildman–Crippen MR) is 103 cm³/mol. The third-order valence-electron chi connectivity index (χ3n) is 4.58. The number of sulfonamides is 1. The number of likely N-dealkylation sites (tertiary alicyclic amines) is 1. The summed E-state index contributed by atoms with van der Waals surface area (Å²) in [5.41, 5.74) is 1.69. The number of piperidine rings is 1. The van der Waals surface area contributed by atoms with Crippen LogP contribution in [0.15, 0.2) is 53.4 Å². The largest absolute Gasteiger partial charge is 0.299 e. The summed E-state index contributed by atoms with van der Waals surface area (Å²) < 4.78 is 41.1. The number of halogens is 2. The van der Waals surface area contributed by atoms with Gasteiger partial charge in [-0.25, -0.2) is 17.5 Å². The monoisotopic (exact) mass is 398 g/mol. The third-order valence-corrected chi connectivity index (χ3v) is 6.27. The molecule has 7 heteroatoms. The first kappa shape index (κ1) is 20.8. The average Bonchev–Trinajstić information content (AvgIpc) is 2.57. The Bertz CT molecular complexity index is 823. The van der Waals surface area contributed by atoms with E-state index in [0.29, 0.717) is 5.56 Å². The van der Waals surface area contributed by atoms with Gasteiger partial charge in [-0.2, -0.15) is 0 Å². The maximum Gasteiger partial charge on any atom is 0.241 e. The van der Waals surface area contributed by atoms with Crippen molar-refractivity contribution in [1.82, 2.24) is 9.62 Å². The lowest BCUT2D eigenvalue weighted by Crippen LogP contribution is -2.44. The molecule has 1 aliphatic rings. The molecule has 142 valence electrons. The van der Waals surface area contributed by atoms with Crippen molar-refractivity contribution in [3.63, 3.8) is 0 Å². The van der Waals surface area contributed by atoms with Gasteiger partial charge in [-0.15, -0.1) is 12.4 Å². The Morgan fingerprint density at radius 3 is 2.38 bits per heavy atom. The quantitative estimate of drug-likeness (QED) is 0.838. The molecule has 2 aromatic rings. The molecule has 1 fully saturated rings. The van der Waals surface area contributed by atoms with Gasteiger partial charge in [0.15, 0.2) is 0 Å². The molecule has 2 aromatic carbocycles. The van der Waals surface area contributed by atoms with Crippen LogP contribution >= 0.6 is 12.4 Å². The molecule has 0 radical (unpaired) electrons. The summed E-state index contributed by atoms with van der Waals surface area (Å²) in [6.07, 6.45) is 1.54. The molecule has 1 N–H and O–H groups in total. The van der Waals surface area contributed by atoms with Crippen LogP contribution in [-0.4, -0.2) is 32.4 Å². The summed E-state index contributed by atoms with van der Waals surface area (Å²) in [5.74, 6) is -0.425. The van der Waals surface area contributed by atoms with E-state index in [0.717, 1.165) is 32.5 Å². The lowest BCUT2D eigenvalue weighted by Gasteiger charge is -2.32. The lowest BCUT2D eigenvalue weighted by molar-refractivity contribution is 0.200. The van der Waals surface area contributed by atoms with Gasteiger partial charge in [0.25, 0.3) is 0 Å². The Balaban J connectivity index is 0.00000243. The van der Waals surface area contributed by atoms with Crippen molar-refractivity contribution < 1.29 is 12.8 Å². The van der Waals surface area contributed by atoms with Crippen molar-refractivity contribution in [3.05, 3.63) is 65.5 Å². The van der Waals surface area contributed by atoms with Crippen molar-refractivity contribution in [3.8, 4) is 0 Å². The molecule has 1 saturated heterocycles. The molecule has 1 heterocycles. The summed E-state index contributed by atoms with van der Waals surface area (Å²) in [5, 5.41) is 0. The van der Waals surface area contributed by atoms with Gasteiger partial charge in [-0.1, -0.05) is 30.3 Å². The maximum absolute atomic E-state index is 13.2. The topological polar surface area (TPSA) is 49.4 Å². The van der Waals surface area contributed by atoms with E-state index in [4.69, 9.17) is 0 Å². The predicted octanol–water partition coefficient (Wildman–Crippen LogP) is 3.50. The molecule has 0 saturated carbocycles. The third kappa shape index (κ3) is 5.27. The van der Waals surface area contributed by atoms with Gasteiger partial charge in [0, 0.05) is 25.7 Å². The van der Waals surface area contributed by atoms with Crippen LogP contribution in [0.3, 0.4) is 0 Å². The van der Waals surface area contributed by atoms with Gasteiger partial charge in [-0.3, -0.25) is 4.90 Å². The number of benzene rings is 2. The Kier molecular flexibility index (Phi) is 7.17. The van der Waals surface area contributed by atoms with E-state index in [1.165, 1.54) is 23.8 Å². The average molecular weight is 399 g/mol. The first-order valence-electron chi connectivity index (χ1n) is 8.49. The molecule has 0 aliphatic carbocycles. The number of rotatable bonds is 5. The second-order valence-corrected chi connectivity index (χ2v) is 8.25. The highest BCUT2D eigenvalue weighted by atomic mass is 35.5. The van der Waals surface area contributed by atoms with E-state index in [-0.39, 0.29) is 23.3 Å². The zero-order valence-electron chi connectivity index (χ0n) is 14.7. The van der Waals surface area contributed by atoms with E-state index < -0.39 is 15.8 Å². The Morgan fingerprint density at radius 2 is 1.77 bits per heavy atom. The Morgan fingerprint density at radius 1 is 1.12 bits per heavy atom. The maximum atomic E-state index is 13.2. The van der Waals surface area contributed by atoms with E-state index in [9.17, 15) is 12.8 Å². The van der Waals surface area contributed by atoms with Crippen molar-refractivity contribution in [1.29, 1.82) is 0 Å². The molecule has 0 spiro atoms. The first-order valence-corrected chi connectivity index (χ1v) is 9.97. The molecular weight excluding hydrogens is 375 g/mol. The van der Waals surface area contributed by atoms with Gasteiger partial charge in [0.2, 0.25) is 10.0 Å². The van der Waals surface area contributed by atoms with E-state index in [2.05, 4.69) is 21.8 Å². The molecule has 0 bridgehead atoms. The summed E-state index contributed by atoms with van der Waals surface area (Å²) >= 11 is 0. The van der Waals surface area contributed by atoms with Crippen molar-refractivity contribution in [2.24, 2.45) is 0 Å². The highest BCUT2D eigenvalue weighted by Gasteiger charge is 2.25. The van der Waals surface area contributed by atoms with Crippen molar-refractivity contribution in [2.75, 3.05) is 13.1 Å². The molecule has 26 heavy (non-hydrogen) atoms. The van der Waals surface area contributed by atoms with Gasteiger partial charge in [0.1, 0.15) is 5.82 Å². The molecule has 0 atom stereocenters. The summed E-state index contributed by atoms with van der Waals surface area (Å²) in [4.78, 5) is 2.49. The van der Waals surface area contributed by atoms with Crippen LogP contribution in [0.4, 0.5) is 4.39 Å².